The first-order chi connectivity index (χ1) is 8.99. The summed E-state index contributed by atoms with van der Waals surface area (Å²) >= 11 is 12.3. The molecule has 2 nitrogen and oxygen atoms in total. The molecule has 1 aromatic carbocycles. The molecular weight excluding hydrogens is 279 g/mol. The van der Waals surface area contributed by atoms with Gasteiger partial charge in [0.2, 0.25) is 0 Å². The highest BCUT2D eigenvalue weighted by Crippen LogP contribution is 2.29. The first kappa shape index (κ1) is 14.3. The molecule has 2 aromatic rings. The molecule has 0 radical (unpaired) electrons. The van der Waals surface area contributed by atoms with Crippen LogP contribution in [0, 0.1) is 13.8 Å². The Labute approximate surface area is 123 Å². The van der Waals surface area contributed by atoms with Gasteiger partial charge in [0.05, 0.1) is 0 Å². The third-order valence-electron chi connectivity index (χ3n) is 3.15. The molecular formula is C15H16Cl2N2. The van der Waals surface area contributed by atoms with Crippen LogP contribution in [-0.4, -0.2) is 4.98 Å². The van der Waals surface area contributed by atoms with Crippen LogP contribution in [0.5, 0.6) is 0 Å². The molecule has 100 valence electrons. The number of benzene rings is 1. The predicted octanol–water partition coefficient (Wildman–Crippen LogP) is 4.25. The number of aryl methyl sites for hydroxylation is 2. The molecule has 0 saturated carbocycles. The third-order valence-corrected chi connectivity index (χ3v) is 3.86. The monoisotopic (exact) mass is 294 g/mol. The van der Waals surface area contributed by atoms with Gasteiger partial charge in [0.1, 0.15) is 0 Å². The molecule has 1 heterocycles. The van der Waals surface area contributed by atoms with Gasteiger partial charge in [-0.15, -0.1) is 0 Å². The molecule has 2 rings (SSSR count). The van der Waals surface area contributed by atoms with Crippen LogP contribution < -0.4 is 5.73 Å². The van der Waals surface area contributed by atoms with E-state index in [1.54, 1.807) is 0 Å². The summed E-state index contributed by atoms with van der Waals surface area (Å²) in [6.07, 6.45) is 0.601. The van der Waals surface area contributed by atoms with Crippen molar-refractivity contribution in [1.29, 1.82) is 0 Å². The smallest absolute Gasteiger partial charge is 0.0453 e. The molecule has 0 amide bonds. The van der Waals surface area contributed by atoms with Crippen molar-refractivity contribution in [3.63, 3.8) is 0 Å². The SMILES string of the molecule is Cc1ccc(C(N)Cc2c(Cl)cccc2Cl)c(C)n1. The third kappa shape index (κ3) is 3.27. The minimum absolute atomic E-state index is 0.162. The zero-order valence-electron chi connectivity index (χ0n) is 11.0. The molecule has 0 bridgehead atoms. The van der Waals surface area contributed by atoms with Crippen molar-refractivity contribution in [1.82, 2.24) is 4.98 Å². The summed E-state index contributed by atoms with van der Waals surface area (Å²) in [5.74, 6) is 0. The second kappa shape index (κ2) is 5.91. The molecule has 19 heavy (non-hydrogen) atoms. The standard InChI is InChI=1S/C15H16Cl2N2/c1-9-6-7-11(10(2)19-9)15(18)8-12-13(16)4-3-5-14(12)17/h3-7,15H,8,18H2,1-2H3. The summed E-state index contributed by atoms with van der Waals surface area (Å²) in [5, 5.41) is 1.31. The molecule has 0 aliphatic carbocycles. The number of nitrogens with zero attached hydrogens (tertiary/aromatic N) is 1. The Morgan fingerprint density at radius 2 is 1.74 bits per heavy atom. The van der Waals surface area contributed by atoms with E-state index in [4.69, 9.17) is 28.9 Å². The Hall–Kier alpha value is -1.09. The van der Waals surface area contributed by atoms with Gasteiger partial charge in [-0.3, -0.25) is 4.98 Å². The van der Waals surface area contributed by atoms with Crippen molar-refractivity contribution >= 4 is 23.2 Å². The number of hydrogen-bond acceptors (Lipinski definition) is 2. The lowest BCUT2D eigenvalue weighted by molar-refractivity contribution is 0.710. The van der Waals surface area contributed by atoms with Crippen molar-refractivity contribution in [2.75, 3.05) is 0 Å². The second-order valence-electron chi connectivity index (χ2n) is 4.64. The minimum atomic E-state index is -0.162. The van der Waals surface area contributed by atoms with E-state index in [0.717, 1.165) is 22.5 Å². The Kier molecular flexibility index (Phi) is 4.46. The maximum atomic E-state index is 6.26. The van der Waals surface area contributed by atoms with E-state index in [-0.39, 0.29) is 6.04 Å². The van der Waals surface area contributed by atoms with Gasteiger partial charge in [-0.1, -0.05) is 35.3 Å². The van der Waals surface area contributed by atoms with E-state index in [0.29, 0.717) is 16.5 Å². The number of rotatable bonds is 3. The summed E-state index contributed by atoms with van der Waals surface area (Å²) < 4.78 is 0. The fourth-order valence-electron chi connectivity index (χ4n) is 2.15. The summed E-state index contributed by atoms with van der Waals surface area (Å²) in [4.78, 5) is 4.44. The van der Waals surface area contributed by atoms with Crippen LogP contribution >= 0.6 is 23.2 Å². The molecule has 1 atom stereocenters. The Morgan fingerprint density at radius 1 is 1.11 bits per heavy atom. The van der Waals surface area contributed by atoms with Gasteiger partial charge in [-0.05, 0) is 49.6 Å². The van der Waals surface area contributed by atoms with Crippen LogP contribution in [0.4, 0.5) is 0 Å². The van der Waals surface area contributed by atoms with E-state index in [1.165, 1.54) is 0 Å². The van der Waals surface area contributed by atoms with E-state index >= 15 is 0 Å². The van der Waals surface area contributed by atoms with E-state index in [2.05, 4.69) is 4.98 Å². The van der Waals surface area contributed by atoms with E-state index < -0.39 is 0 Å². The van der Waals surface area contributed by atoms with E-state index in [9.17, 15) is 0 Å². The highest BCUT2D eigenvalue weighted by atomic mass is 35.5. The lowest BCUT2D eigenvalue weighted by Gasteiger charge is -2.16. The van der Waals surface area contributed by atoms with Crippen molar-refractivity contribution < 1.29 is 0 Å². The number of aromatic nitrogens is 1. The molecule has 1 unspecified atom stereocenters. The maximum absolute atomic E-state index is 6.26. The van der Waals surface area contributed by atoms with Crippen LogP contribution in [0.3, 0.4) is 0 Å². The maximum Gasteiger partial charge on any atom is 0.0453 e. The van der Waals surface area contributed by atoms with Crippen LogP contribution in [0.2, 0.25) is 10.0 Å². The number of hydrogen-bond donors (Lipinski definition) is 1. The lowest BCUT2D eigenvalue weighted by atomic mass is 9.98. The van der Waals surface area contributed by atoms with Gasteiger partial charge in [0, 0.05) is 27.5 Å². The highest BCUT2D eigenvalue weighted by Gasteiger charge is 2.14. The van der Waals surface area contributed by atoms with Crippen LogP contribution in [0.1, 0.15) is 28.6 Å². The van der Waals surface area contributed by atoms with Gasteiger partial charge < -0.3 is 5.73 Å². The normalized spacial score (nSPS) is 12.5. The average molecular weight is 295 g/mol. The van der Waals surface area contributed by atoms with Gasteiger partial charge in [0.15, 0.2) is 0 Å². The van der Waals surface area contributed by atoms with Crippen molar-refractivity contribution in [3.05, 3.63) is 62.9 Å². The Bertz CT molecular complexity index is 576. The number of halogens is 2. The number of nitrogens with two attached hydrogens (primary N) is 1. The highest BCUT2D eigenvalue weighted by molar-refractivity contribution is 6.36. The van der Waals surface area contributed by atoms with Gasteiger partial charge in [0.25, 0.3) is 0 Å². The summed E-state index contributed by atoms with van der Waals surface area (Å²) in [7, 11) is 0. The van der Waals surface area contributed by atoms with Gasteiger partial charge >= 0.3 is 0 Å². The lowest BCUT2D eigenvalue weighted by Crippen LogP contribution is -2.16. The minimum Gasteiger partial charge on any atom is -0.324 e. The predicted molar refractivity (Wildman–Crippen MR) is 80.8 cm³/mol. The fraction of sp³-hybridized carbons (Fsp3) is 0.267. The topological polar surface area (TPSA) is 38.9 Å². The quantitative estimate of drug-likeness (QED) is 0.919. The molecule has 2 N–H and O–H groups in total. The largest absolute Gasteiger partial charge is 0.324 e. The summed E-state index contributed by atoms with van der Waals surface area (Å²) in [5.41, 5.74) is 10.1. The van der Waals surface area contributed by atoms with Crippen LogP contribution in [0.25, 0.3) is 0 Å². The van der Waals surface area contributed by atoms with E-state index in [1.807, 2.05) is 44.2 Å². The molecule has 4 heteroatoms. The Balaban J connectivity index is 2.28. The van der Waals surface area contributed by atoms with Crippen molar-refractivity contribution in [2.24, 2.45) is 5.73 Å². The Morgan fingerprint density at radius 3 is 2.32 bits per heavy atom. The van der Waals surface area contributed by atoms with Crippen molar-refractivity contribution in [2.45, 2.75) is 26.3 Å². The zero-order chi connectivity index (χ0) is 14.0. The van der Waals surface area contributed by atoms with Crippen LogP contribution in [0.15, 0.2) is 30.3 Å². The first-order valence-corrected chi connectivity index (χ1v) is 6.87. The zero-order valence-corrected chi connectivity index (χ0v) is 12.5. The average Bonchev–Trinajstić information content (AvgIpc) is 2.33. The second-order valence-corrected chi connectivity index (χ2v) is 5.45. The first-order valence-electron chi connectivity index (χ1n) is 6.11. The number of pyridine rings is 1. The molecule has 0 aliphatic rings. The van der Waals surface area contributed by atoms with Crippen molar-refractivity contribution in [3.8, 4) is 0 Å². The summed E-state index contributed by atoms with van der Waals surface area (Å²) in [6, 6.07) is 9.32. The fourth-order valence-corrected chi connectivity index (χ4v) is 2.70. The molecule has 0 aliphatic heterocycles. The van der Waals surface area contributed by atoms with Gasteiger partial charge in [-0.2, -0.15) is 0 Å². The molecule has 0 saturated heterocycles. The molecule has 0 fully saturated rings. The summed E-state index contributed by atoms with van der Waals surface area (Å²) in [6.45, 7) is 3.93. The van der Waals surface area contributed by atoms with Crippen LogP contribution in [-0.2, 0) is 6.42 Å². The molecule has 0 spiro atoms. The van der Waals surface area contributed by atoms with Gasteiger partial charge in [-0.25, -0.2) is 0 Å². The molecule has 1 aromatic heterocycles.